The molecule has 2 heteroatoms. The Morgan fingerprint density at radius 1 is 1.11 bits per heavy atom. The lowest BCUT2D eigenvalue weighted by molar-refractivity contribution is -0.119. The summed E-state index contributed by atoms with van der Waals surface area (Å²) in [4.78, 5) is 11.8. The average molecular weight is 258 g/mol. The number of carbonyl (C=O) groups is 1. The summed E-state index contributed by atoms with van der Waals surface area (Å²) in [6, 6.07) is 10.5. The lowest BCUT2D eigenvalue weighted by Crippen LogP contribution is -2.01. The van der Waals surface area contributed by atoms with Crippen molar-refractivity contribution >= 4 is 17.1 Å². The van der Waals surface area contributed by atoms with Gasteiger partial charge in [-0.2, -0.15) is 11.3 Å². The minimum Gasteiger partial charge on any atom is -0.300 e. The van der Waals surface area contributed by atoms with Crippen LogP contribution in [0.15, 0.2) is 41.1 Å². The van der Waals surface area contributed by atoms with E-state index in [1.807, 2.05) is 0 Å². The monoisotopic (exact) mass is 258 g/mol. The Labute approximate surface area is 112 Å². The third-order valence-corrected chi connectivity index (χ3v) is 3.78. The summed E-state index contributed by atoms with van der Waals surface area (Å²) in [6.45, 7) is 2.09. The molecule has 0 N–H and O–H groups in total. The molecule has 0 fully saturated rings. The van der Waals surface area contributed by atoms with Crippen LogP contribution in [0.4, 0.5) is 0 Å². The van der Waals surface area contributed by atoms with E-state index in [1.54, 1.807) is 11.3 Å². The van der Waals surface area contributed by atoms with E-state index >= 15 is 0 Å². The van der Waals surface area contributed by atoms with Gasteiger partial charge in [0.1, 0.15) is 5.78 Å². The minimum atomic E-state index is 0.364. The average Bonchev–Trinajstić information content (AvgIpc) is 2.87. The summed E-state index contributed by atoms with van der Waals surface area (Å²) in [5, 5.41) is 4.18. The number of Topliss-reactive ketones (excluding diaryl/α,β-unsaturated/α-hetero) is 1. The van der Waals surface area contributed by atoms with Crippen molar-refractivity contribution in [2.45, 2.75) is 32.6 Å². The number of carbonyl (C=O) groups excluding carboxylic acids is 1. The number of hydrogen-bond acceptors (Lipinski definition) is 2. The summed E-state index contributed by atoms with van der Waals surface area (Å²) in [5.41, 5.74) is 3.81. The van der Waals surface area contributed by atoms with E-state index in [0.717, 1.165) is 12.8 Å². The van der Waals surface area contributed by atoms with Gasteiger partial charge in [-0.3, -0.25) is 4.79 Å². The first-order valence-corrected chi connectivity index (χ1v) is 7.26. The molecule has 0 unspecified atom stereocenters. The van der Waals surface area contributed by atoms with Gasteiger partial charge < -0.3 is 0 Å². The van der Waals surface area contributed by atoms with Gasteiger partial charge in [-0.15, -0.1) is 0 Å². The molecule has 0 amide bonds. The predicted molar refractivity (Wildman–Crippen MR) is 77.1 cm³/mol. The second kappa shape index (κ2) is 6.50. The van der Waals surface area contributed by atoms with Gasteiger partial charge in [0.15, 0.2) is 0 Å². The van der Waals surface area contributed by atoms with Crippen LogP contribution in [0, 0.1) is 6.92 Å². The second-order valence-electron chi connectivity index (χ2n) is 4.66. The number of ketones is 1. The second-order valence-corrected chi connectivity index (χ2v) is 5.44. The summed E-state index contributed by atoms with van der Waals surface area (Å²) in [6.07, 6.45) is 3.08. The van der Waals surface area contributed by atoms with Crippen LogP contribution in [0.2, 0.25) is 0 Å². The van der Waals surface area contributed by atoms with Crippen LogP contribution in [0.1, 0.15) is 29.5 Å². The van der Waals surface area contributed by atoms with Crippen LogP contribution >= 0.6 is 11.3 Å². The smallest absolute Gasteiger partial charge is 0.133 e. The van der Waals surface area contributed by atoms with E-state index in [-0.39, 0.29) is 0 Å². The normalized spacial score (nSPS) is 10.5. The third-order valence-electron chi connectivity index (χ3n) is 3.05. The number of rotatable bonds is 6. The fourth-order valence-electron chi connectivity index (χ4n) is 2.00. The fraction of sp³-hybridized carbons (Fsp3) is 0.312. The molecule has 0 spiro atoms. The lowest BCUT2D eigenvalue weighted by atomic mass is 10.0. The molecule has 0 radical (unpaired) electrons. The van der Waals surface area contributed by atoms with Crippen molar-refractivity contribution in [3.63, 3.8) is 0 Å². The van der Waals surface area contributed by atoms with Crippen LogP contribution in [-0.4, -0.2) is 5.78 Å². The first-order chi connectivity index (χ1) is 8.74. The summed E-state index contributed by atoms with van der Waals surface area (Å²) in [7, 11) is 0. The van der Waals surface area contributed by atoms with Crippen molar-refractivity contribution < 1.29 is 4.79 Å². The third kappa shape index (κ3) is 4.11. The van der Waals surface area contributed by atoms with Gasteiger partial charge in [0.2, 0.25) is 0 Å². The maximum Gasteiger partial charge on any atom is 0.133 e. The standard InChI is InChI=1S/C16H18OS/c1-13-3-2-4-14(11-13)5-7-16(17)8-6-15-9-10-18-12-15/h2-4,9-12H,5-8H2,1H3. The van der Waals surface area contributed by atoms with Crippen LogP contribution in [0.25, 0.3) is 0 Å². The molecule has 1 aromatic heterocycles. The van der Waals surface area contributed by atoms with Crippen LogP contribution in [-0.2, 0) is 17.6 Å². The molecule has 2 aromatic rings. The molecule has 0 saturated carbocycles. The quantitative estimate of drug-likeness (QED) is 0.759. The molecule has 2 rings (SSSR count). The van der Waals surface area contributed by atoms with E-state index in [9.17, 15) is 4.79 Å². The van der Waals surface area contributed by atoms with Crippen molar-refractivity contribution in [2.75, 3.05) is 0 Å². The Hall–Kier alpha value is -1.41. The van der Waals surface area contributed by atoms with Gasteiger partial charge in [0.25, 0.3) is 0 Å². The molecule has 0 atom stereocenters. The van der Waals surface area contributed by atoms with Gasteiger partial charge in [0.05, 0.1) is 0 Å². The number of benzene rings is 1. The van der Waals surface area contributed by atoms with Crippen LogP contribution < -0.4 is 0 Å². The van der Waals surface area contributed by atoms with Crippen LogP contribution in [0.5, 0.6) is 0 Å². The lowest BCUT2D eigenvalue weighted by Gasteiger charge is -2.02. The molecular formula is C16H18OS. The zero-order chi connectivity index (χ0) is 12.8. The van der Waals surface area contributed by atoms with Gasteiger partial charge in [-0.05, 0) is 47.7 Å². The van der Waals surface area contributed by atoms with Gasteiger partial charge in [-0.1, -0.05) is 29.8 Å². The van der Waals surface area contributed by atoms with Crippen molar-refractivity contribution in [1.82, 2.24) is 0 Å². The topological polar surface area (TPSA) is 17.1 Å². The zero-order valence-electron chi connectivity index (χ0n) is 10.7. The van der Waals surface area contributed by atoms with E-state index in [0.29, 0.717) is 18.6 Å². The first-order valence-electron chi connectivity index (χ1n) is 6.32. The van der Waals surface area contributed by atoms with E-state index in [1.165, 1.54) is 16.7 Å². The zero-order valence-corrected chi connectivity index (χ0v) is 11.5. The fourth-order valence-corrected chi connectivity index (χ4v) is 2.70. The van der Waals surface area contributed by atoms with Gasteiger partial charge in [0, 0.05) is 12.8 Å². The summed E-state index contributed by atoms with van der Waals surface area (Å²) >= 11 is 1.69. The van der Waals surface area contributed by atoms with Crippen LogP contribution in [0.3, 0.4) is 0 Å². The molecule has 1 heterocycles. The molecule has 1 nitrogen and oxygen atoms in total. The molecule has 0 bridgehead atoms. The van der Waals surface area contributed by atoms with Gasteiger partial charge in [-0.25, -0.2) is 0 Å². The maximum absolute atomic E-state index is 11.8. The van der Waals surface area contributed by atoms with Crippen molar-refractivity contribution in [1.29, 1.82) is 0 Å². The van der Waals surface area contributed by atoms with E-state index in [2.05, 4.69) is 48.0 Å². The molecule has 1 aromatic carbocycles. The number of thiophene rings is 1. The highest BCUT2D eigenvalue weighted by atomic mass is 32.1. The maximum atomic E-state index is 11.8. The highest BCUT2D eigenvalue weighted by molar-refractivity contribution is 7.07. The van der Waals surface area contributed by atoms with E-state index < -0.39 is 0 Å². The largest absolute Gasteiger partial charge is 0.300 e. The highest BCUT2D eigenvalue weighted by Gasteiger charge is 2.04. The Bertz CT molecular complexity index is 500. The molecule has 0 aliphatic heterocycles. The first kappa shape index (κ1) is 13.0. The molecule has 18 heavy (non-hydrogen) atoms. The van der Waals surface area contributed by atoms with Gasteiger partial charge >= 0.3 is 0 Å². The summed E-state index contributed by atoms with van der Waals surface area (Å²) < 4.78 is 0. The predicted octanol–water partition coefficient (Wildman–Crippen LogP) is 4.19. The molecule has 94 valence electrons. The molecule has 0 aliphatic carbocycles. The molecule has 0 saturated heterocycles. The van der Waals surface area contributed by atoms with E-state index in [4.69, 9.17) is 0 Å². The minimum absolute atomic E-state index is 0.364. The van der Waals surface area contributed by atoms with Crippen molar-refractivity contribution in [3.8, 4) is 0 Å². The Balaban J connectivity index is 1.75. The summed E-state index contributed by atoms with van der Waals surface area (Å²) in [5.74, 6) is 0.364. The highest BCUT2D eigenvalue weighted by Crippen LogP contribution is 2.11. The molecule has 0 aliphatic rings. The van der Waals surface area contributed by atoms with Crippen molar-refractivity contribution in [3.05, 3.63) is 57.8 Å². The Morgan fingerprint density at radius 3 is 2.56 bits per heavy atom. The number of hydrogen-bond donors (Lipinski definition) is 0. The Morgan fingerprint density at radius 2 is 1.89 bits per heavy atom. The SMILES string of the molecule is Cc1cccc(CCC(=O)CCc2ccsc2)c1. The van der Waals surface area contributed by atoms with Crippen molar-refractivity contribution in [2.24, 2.45) is 0 Å². The number of aryl methyl sites for hydroxylation is 3. The Kier molecular flexibility index (Phi) is 4.71. The molecular weight excluding hydrogens is 240 g/mol.